The summed E-state index contributed by atoms with van der Waals surface area (Å²) in [5.41, 5.74) is 0.297. The summed E-state index contributed by atoms with van der Waals surface area (Å²) in [4.78, 5) is 30.5. The van der Waals surface area contributed by atoms with Crippen molar-refractivity contribution in [2.75, 3.05) is 7.11 Å². The average Bonchev–Trinajstić information content (AvgIpc) is 2.53. The Labute approximate surface area is 145 Å². The van der Waals surface area contributed by atoms with Gasteiger partial charge in [-0.15, -0.1) is 0 Å². The Balaban J connectivity index is 2.23. The molecule has 1 heterocycles. The van der Waals surface area contributed by atoms with Crippen LogP contribution < -0.4 is 15.7 Å². The molecule has 7 heteroatoms. The van der Waals surface area contributed by atoms with Gasteiger partial charge < -0.3 is 15.0 Å². The highest BCUT2D eigenvalue weighted by molar-refractivity contribution is 5.92. The Morgan fingerprint density at radius 1 is 1.32 bits per heavy atom. The van der Waals surface area contributed by atoms with Crippen molar-refractivity contribution in [3.63, 3.8) is 0 Å². The molecule has 0 radical (unpaired) electrons. The van der Waals surface area contributed by atoms with Gasteiger partial charge in [0.1, 0.15) is 5.69 Å². The number of halogens is 1. The van der Waals surface area contributed by atoms with E-state index in [1.165, 1.54) is 19.2 Å². The Bertz CT molecular complexity index is 840. The van der Waals surface area contributed by atoms with Crippen molar-refractivity contribution in [1.29, 1.82) is 0 Å². The van der Waals surface area contributed by atoms with E-state index in [-0.39, 0.29) is 16.9 Å². The fourth-order valence-electron chi connectivity index (χ4n) is 2.28. The van der Waals surface area contributed by atoms with E-state index in [0.29, 0.717) is 11.3 Å². The number of carbonyl (C=O) groups excluding carboxylic acids is 1. The van der Waals surface area contributed by atoms with Gasteiger partial charge in [-0.1, -0.05) is 26.8 Å². The quantitative estimate of drug-likeness (QED) is 0.891. The number of rotatable bonds is 4. The summed E-state index contributed by atoms with van der Waals surface area (Å²) < 4.78 is 18.7. The van der Waals surface area contributed by atoms with Crippen LogP contribution >= 0.6 is 0 Å². The minimum Gasteiger partial charge on any atom is -0.494 e. The van der Waals surface area contributed by atoms with Crippen molar-refractivity contribution in [3.05, 3.63) is 57.5 Å². The Hall–Kier alpha value is -2.70. The molecule has 1 amide bonds. The van der Waals surface area contributed by atoms with Gasteiger partial charge in [-0.05, 0) is 30.7 Å². The Morgan fingerprint density at radius 3 is 2.56 bits per heavy atom. The normalized spacial score (nSPS) is 12.6. The van der Waals surface area contributed by atoms with Crippen LogP contribution in [-0.4, -0.2) is 23.0 Å². The Kier molecular flexibility index (Phi) is 5.25. The third-order valence-electron chi connectivity index (χ3n) is 3.81. The maximum atomic E-state index is 13.8. The lowest BCUT2D eigenvalue weighted by Gasteiger charge is -2.19. The number of nitrogens with one attached hydrogen (secondary N) is 2. The number of amides is 1. The molecule has 0 fully saturated rings. The average molecular weight is 347 g/mol. The molecule has 0 spiro atoms. The van der Waals surface area contributed by atoms with Crippen molar-refractivity contribution >= 4 is 5.91 Å². The first-order chi connectivity index (χ1) is 11.6. The van der Waals surface area contributed by atoms with Crippen molar-refractivity contribution in [2.45, 2.75) is 39.2 Å². The van der Waals surface area contributed by atoms with Crippen LogP contribution in [0.1, 0.15) is 55.5 Å². The number of hydrogen-bond acceptors (Lipinski definition) is 4. The number of aromatic nitrogens is 2. The molecule has 1 atom stereocenters. The van der Waals surface area contributed by atoms with Crippen LogP contribution in [0.4, 0.5) is 4.39 Å². The molecule has 1 aromatic carbocycles. The summed E-state index contributed by atoms with van der Waals surface area (Å²) in [5.74, 6) is -0.876. The van der Waals surface area contributed by atoms with E-state index in [0.717, 1.165) is 0 Å². The van der Waals surface area contributed by atoms with E-state index < -0.39 is 23.5 Å². The zero-order valence-electron chi connectivity index (χ0n) is 14.9. The summed E-state index contributed by atoms with van der Waals surface area (Å²) in [6.45, 7) is 7.48. The molecule has 0 saturated carbocycles. The molecule has 0 aliphatic rings. The summed E-state index contributed by atoms with van der Waals surface area (Å²) in [7, 11) is 1.38. The summed E-state index contributed by atoms with van der Waals surface area (Å²) in [5, 5.41) is 2.72. The lowest BCUT2D eigenvalue weighted by Crippen LogP contribution is -2.31. The number of methoxy groups -OCH3 is 1. The summed E-state index contributed by atoms with van der Waals surface area (Å²) >= 11 is 0. The molecule has 0 bridgehead atoms. The van der Waals surface area contributed by atoms with Crippen molar-refractivity contribution in [1.82, 2.24) is 15.3 Å². The first-order valence-corrected chi connectivity index (χ1v) is 7.88. The maximum absolute atomic E-state index is 13.8. The van der Waals surface area contributed by atoms with Crippen molar-refractivity contribution < 1.29 is 13.9 Å². The van der Waals surface area contributed by atoms with Gasteiger partial charge in [-0.3, -0.25) is 4.79 Å². The number of H-pyrrole nitrogens is 1. The lowest BCUT2D eigenvalue weighted by atomic mass is 9.91. The fraction of sp³-hybridized carbons (Fsp3) is 0.389. The predicted molar refractivity (Wildman–Crippen MR) is 92.4 cm³/mol. The number of aromatic amines is 1. The van der Waals surface area contributed by atoms with Crippen molar-refractivity contribution in [2.24, 2.45) is 0 Å². The molecule has 0 unspecified atom stereocenters. The molecule has 1 aromatic heterocycles. The van der Waals surface area contributed by atoms with Crippen LogP contribution in [0, 0.1) is 5.82 Å². The van der Waals surface area contributed by atoms with Crippen LogP contribution in [0.5, 0.6) is 5.75 Å². The molecule has 0 aliphatic carbocycles. The number of hydrogen-bond donors (Lipinski definition) is 2. The van der Waals surface area contributed by atoms with E-state index in [9.17, 15) is 14.0 Å². The van der Waals surface area contributed by atoms with E-state index >= 15 is 0 Å². The zero-order valence-corrected chi connectivity index (χ0v) is 14.9. The molecular weight excluding hydrogens is 325 g/mol. The van der Waals surface area contributed by atoms with Gasteiger partial charge in [-0.25, -0.2) is 9.18 Å². The molecule has 2 rings (SSSR count). The molecule has 0 aliphatic heterocycles. The largest absolute Gasteiger partial charge is 0.494 e. The molecular formula is C18H22FN3O3. The molecule has 25 heavy (non-hydrogen) atoms. The highest BCUT2D eigenvalue weighted by Gasteiger charge is 2.20. The third kappa shape index (κ3) is 4.43. The first kappa shape index (κ1) is 18.6. The number of benzene rings is 1. The second-order valence-electron chi connectivity index (χ2n) is 6.82. The van der Waals surface area contributed by atoms with Crippen LogP contribution in [0.3, 0.4) is 0 Å². The van der Waals surface area contributed by atoms with E-state index in [1.54, 1.807) is 19.1 Å². The first-order valence-electron chi connectivity index (χ1n) is 7.88. The molecule has 2 aromatic rings. The van der Waals surface area contributed by atoms with Gasteiger partial charge in [0.05, 0.1) is 13.2 Å². The second-order valence-corrected chi connectivity index (χ2v) is 6.82. The molecule has 0 saturated heterocycles. The smallest absolute Gasteiger partial charge is 0.345 e. The monoisotopic (exact) mass is 347 g/mol. The lowest BCUT2D eigenvalue weighted by molar-refractivity contribution is 0.0934. The minimum atomic E-state index is -0.583. The Morgan fingerprint density at radius 2 is 2.00 bits per heavy atom. The van der Waals surface area contributed by atoms with Gasteiger partial charge in [0.15, 0.2) is 11.6 Å². The van der Waals surface area contributed by atoms with E-state index in [1.807, 2.05) is 20.8 Å². The van der Waals surface area contributed by atoms with Crippen molar-refractivity contribution in [3.8, 4) is 5.75 Å². The van der Waals surface area contributed by atoms with Crippen LogP contribution in [-0.2, 0) is 5.41 Å². The predicted octanol–water partition coefficient (Wildman–Crippen LogP) is 2.71. The minimum absolute atomic E-state index is 0.0227. The molecule has 6 nitrogen and oxygen atoms in total. The van der Waals surface area contributed by atoms with E-state index in [2.05, 4.69) is 15.3 Å². The van der Waals surface area contributed by atoms with Gasteiger partial charge in [0.25, 0.3) is 5.91 Å². The van der Waals surface area contributed by atoms with Gasteiger partial charge >= 0.3 is 5.69 Å². The third-order valence-corrected chi connectivity index (χ3v) is 3.81. The molecule has 134 valence electrons. The second kappa shape index (κ2) is 7.04. The standard InChI is InChI=1S/C18H22FN3O3/c1-10(11-6-7-14(25-5)12(19)8-11)20-16(23)13-9-15(18(2,3)4)22-17(24)21-13/h6-10H,1-5H3,(H,20,23)(H,21,22,24)/t10-/m1/s1. The summed E-state index contributed by atoms with van der Waals surface area (Å²) in [6, 6.07) is 5.55. The summed E-state index contributed by atoms with van der Waals surface area (Å²) in [6.07, 6.45) is 0. The fourth-order valence-corrected chi connectivity index (χ4v) is 2.28. The highest BCUT2D eigenvalue weighted by Crippen LogP contribution is 2.22. The number of carbonyl (C=O) groups is 1. The number of ether oxygens (including phenoxy) is 1. The highest BCUT2D eigenvalue weighted by atomic mass is 19.1. The molecule has 2 N–H and O–H groups in total. The SMILES string of the molecule is COc1ccc([C@@H](C)NC(=O)c2cc(C(C)(C)C)[nH]c(=O)n2)cc1F. The topological polar surface area (TPSA) is 84.1 Å². The van der Waals surface area contributed by atoms with Gasteiger partial charge in [-0.2, -0.15) is 4.98 Å². The van der Waals surface area contributed by atoms with Gasteiger partial charge in [0.2, 0.25) is 0 Å². The van der Waals surface area contributed by atoms with Gasteiger partial charge in [0, 0.05) is 11.1 Å². The van der Waals surface area contributed by atoms with E-state index in [4.69, 9.17) is 4.74 Å². The zero-order chi connectivity index (χ0) is 18.8. The van der Waals surface area contributed by atoms with Crippen LogP contribution in [0.25, 0.3) is 0 Å². The maximum Gasteiger partial charge on any atom is 0.345 e. The van der Waals surface area contributed by atoms with Crippen LogP contribution in [0.15, 0.2) is 29.1 Å². The number of nitrogens with zero attached hydrogens (tertiary/aromatic N) is 1. The van der Waals surface area contributed by atoms with Crippen LogP contribution in [0.2, 0.25) is 0 Å².